The first-order chi connectivity index (χ1) is 12.5. The van der Waals surface area contributed by atoms with Crippen molar-refractivity contribution >= 4 is 40.4 Å². The Morgan fingerprint density at radius 2 is 1.88 bits per heavy atom. The van der Waals surface area contributed by atoms with Crippen LogP contribution in [0.25, 0.3) is 0 Å². The van der Waals surface area contributed by atoms with E-state index < -0.39 is 0 Å². The maximum absolute atomic E-state index is 12.2. The molecular formula is C18H20Cl2N2O3S. The highest BCUT2D eigenvalue weighted by Crippen LogP contribution is 2.33. The van der Waals surface area contributed by atoms with Gasteiger partial charge in [-0.2, -0.15) is 0 Å². The molecule has 2 aromatic rings. The zero-order valence-corrected chi connectivity index (χ0v) is 16.9. The SMILES string of the molecule is COc1cc2c(cc1OC)CN(CCNC(=O)c1cc(Cl)sc1Cl)CC2. The summed E-state index contributed by atoms with van der Waals surface area (Å²) in [5.74, 6) is 1.31. The summed E-state index contributed by atoms with van der Waals surface area (Å²) in [6.07, 6.45) is 0.940. The van der Waals surface area contributed by atoms with Gasteiger partial charge in [0.2, 0.25) is 0 Å². The molecule has 1 aliphatic rings. The lowest BCUT2D eigenvalue weighted by atomic mass is 9.99. The number of hydrogen-bond acceptors (Lipinski definition) is 5. The van der Waals surface area contributed by atoms with E-state index in [1.807, 2.05) is 6.07 Å². The lowest BCUT2D eigenvalue weighted by Gasteiger charge is -2.29. The Bertz CT molecular complexity index is 810. The van der Waals surface area contributed by atoms with E-state index in [0.29, 0.717) is 20.8 Å². The van der Waals surface area contributed by atoms with Crippen LogP contribution in [0.2, 0.25) is 8.67 Å². The molecule has 26 heavy (non-hydrogen) atoms. The van der Waals surface area contributed by atoms with Gasteiger partial charge in [-0.1, -0.05) is 23.2 Å². The molecule has 0 saturated heterocycles. The van der Waals surface area contributed by atoms with E-state index >= 15 is 0 Å². The summed E-state index contributed by atoms with van der Waals surface area (Å²) in [7, 11) is 3.29. The maximum Gasteiger partial charge on any atom is 0.253 e. The Morgan fingerprint density at radius 3 is 2.50 bits per heavy atom. The molecule has 1 amide bonds. The second-order valence-corrected chi connectivity index (χ2v) is 8.28. The fourth-order valence-electron chi connectivity index (χ4n) is 3.05. The van der Waals surface area contributed by atoms with Gasteiger partial charge in [-0.3, -0.25) is 9.69 Å². The van der Waals surface area contributed by atoms with E-state index in [2.05, 4.69) is 16.3 Å². The third kappa shape index (κ3) is 4.26. The third-order valence-corrected chi connectivity index (χ3v) is 5.90. The van der Waals surface area contributed by atoms with Gasteiger partial charge in [-0.15, -0.1) is 11.3 Å². The molecule has 0 fully saturated rings. The standard InChI is InChI=1S/C18H20Cl2N2O3S/c1-24-14-7-11-3-5-22(10-12(11)8-15(14)25-2)6-4-21-18(23)13-9-16(19)26-17(13)20/h7-9H,3-6,10H2,1-2H3,(H,21,23). The second kappa shape index (κ2) is 8.48. The first kappa shape index (κ1) is 19.3. The van der Waals surface area contributed by atoms with Crippen molar-refractivity contribution in [2.45, 2.75) is 13.0 Å². The number of carbonyl (C=O) groups is 1. The summed E-state index contributed by atoms with van der Waals surface area (Å²) in [6.45, 7) is 3.06. The lowest BCUT2D eigenvalue weighted by molar-refractivity contribution is 0.0948. The molecule has 1 aromatic heterocycles. The number of nitrogens with one attached hydrogen (secondary N) is 1. The third-order valence-electron chi connectivity index (χ3n) is 4.41. The highest BCUT2D eigenvalue weighted by molar-refractivity contribution is 7.20. The topological polar surface area (TPSA) is 50.8 Å². The summed E-state index contributed by atoms with van der Waals surface area (Å²) >= 11 is 13.1. The van der Waals surface area contributed by atoms with Crippen LogP contribution in [-0.4, -0.2) is 44.7 Å². The van der Waals surface area contributed by atoms with Crippen molar-refractivity contribution in [3.8, 4) is 11.5 Å². The molecule has 5 nitrogen and oxygen atoms in total. The van der Waals surface area contributed by atoms with Crippen LogP contribution in [0.4, 0.5) is 0 Å². The molecule has 0 atom stereocenters. The number of rotatable bonds is 6. The van der Waals surface area contributed by atoms with Crippen molar-refractivity contribution < 1.29 is 14.3 Å². The normalized spacial score (nSPS) is 14.0. The summed E-state index contributed by atoms with van der Waals surface area (Å²) < 4.78 is 11.7. The largest absolute Gasteiger partial charge is 0.493 e. The van der Waals surface area contributed by atoms with Crippen LogP contribution in [-0.2, 0) is 13.0 Å². The molecular weight excluding hydrogens is 395 g/mol. The molecule has 1 aliphatic heterocycles. The zero-order valence-electron chi connectivity index (χ0n) is 14.6. The zero-order chi connectivity index (χ0) is 18.7. The molecule has 2 heterocycles. The number of benzene rings is 1. The van der Waals surface area contributed by atoms with Crippen LogP contribution in [0.5, 0.6) is 11.5 Å². The average Bonchev–Trinajstić information content (AvgIpc) is 2.98. The predicted octanol–water partition coefficient (Wildman–Crippen LogP) is 3.86. The molecule has 0 spiro atoms. The molecule has 0 saturated carbocycles. The summed E-state index contributed by atoms with van der Waals surface area (Å²) in [4.78, 5) is 14.5. The number of methoxy groups -OCH3 is 2. The molecule has 3 rings (SSSR count). The number of carbonyl (C=O) groups excluding carboxylic acids is 1. The number of halogens is 2. The van der Waals surface area contributed by atoms with Crippen molar-refractivity contribution in [3.63, 3.8) is 0 Å². The number of thiophene rings is 1. The van der Waals surface area contributed by atoms with Gasteiger partial charge in [0.25, 0.3) is 5.91 Å². The number of ether oxygens (including phenoxy) is 2. The van der Waals surface area contributed by atoms with Crippen molar-refractivity contribution in [1.29, 1.82) is 0 Å². The maximum atomic E-state index is 12.2. The monoisotopic (exact) mass is 414 g/mol. The Morgan fingerprint density at radius 1 is 1.19 bits per heavy atom. The Kier molecular flexibility index (Phi) is 6.29. The van der Waals surface area contributed by atoms with Gasteiger partial charge in [0, 0.05) is 26.2 Å². The Labute approximate surface area is 166 Å². The van der Waals surface area contributed by atoms with Gasteiger partial charge in [0.15, 0.2) is 11.5 Å². The van der Waals surface area contributed by atoms with Gasteiger partial charge in [-0.05, 0) is 35.7 Å². The average molecular weight is 415 g/mol. The smallest absolute Gasteiger partial charge is 0.253 e. The second-order valence-electron chi connectivity index (χ2n) is 6.00. The van der Waals surface area contributed by atoms with E-state index in [4.69, 9.17) is 32.7 Å². The number of amides is 1. The van der Waals surface area contributed by atoms with Gasteiger partial charge in [-0.25, -0.2) is 0 Å². The van der Waals surface area contributed by atoms with Crippen LogP contribution in [0, 0.1) is 0 Å². The van der Waals surface area contributed by atoms with Gasteiger partial charge >= 0.3 is 0 Å². The molecule has 0 unspecified atom stereocenters. The van der Waals surface area contributed by atoms with Crippen LogP contribution in [0.1, 0.15) is 21.5 Å². The van der Waals surface area contributed by atoms with Crippen molar-refractivity contribution in [2.75, 3.05) is 33.9 Å². The van der Waals surface area contributed by atoms with Crippen molar-refractivity contribution in [3.05, 3.63) is 43.6 Å². The minimum atomic E-state index is -0.193. The highest BCUT2D eigenvalue weighted by atomic mass is 35.5. The predicted molar refractivity (Wildman–Crippen MR) is 105 cm³/mol. The highest BCUT2D eigenvalue weighted by Gasteiger charge is 2.20. The summed E-state index contributed by atoms with van der Waals surface area (Å²) in [5.41, 5.74) is 2.94. The molecule has 140 valence electrons. The van der Waals surface area contributed by atoms with E-state index in [1.165, 1.54) is 22.5 Å². The first-order valence-electron chi connectivity index (χ1n) is 8.21. The van der Waals surface area contributed by atoms with E-state index in [1.54, 1.807) is 20.3 Å². The van der Waals surface area contributed by atoms with Crippen molar-refractivity contribution in [1.82, 2.24) is 10.2 Å². The molecule has 0 aliphatic carbocycles. The lowest BCUT2D eigenvalue weighted by Crippen LogP contribution is -2.37. The van der Waals surface area contributed by atoms with Gasteiger partial charge in [0.1, 0.15) is 4.34 Å². The molecule has 0 radical (unpaired) electrons. The quantitative estimate of drug-likeness (QED) is 0.779. The van der Waals surface area contributed by atoms with Crippen LogP contribution < -0.4 is 14.8 Å². The minimum absolute atomic E-state index is 0.193. The first-order valence-corrected chi connectivity index (χ1v) is 9.78. The summed E-state index contributed by atoms with van der Waals surface area (Å²) in [6, 6.07) is 5.68. The van der Waals surface area contributed by atoms with Gasteiger partial charge in [0.05, 0.1) is 24.1 Å². The van der Waals surface area contributed by atoms with E-state index in [0.717, 1.165) is 37.6 Å². The Balaban J connectivity index is 1.56. The van der Waals surface area contributed by atoms with Gasteiger partial charge < -0.3 is 14.8 Å². The fourth-order valence-corrected chi connectivity index (χ4v) is 4.51. The van der Waals surface area contributed by atoms with Crippen LogP contribution in [0.15, 0.2) is 18.2 Å². The van der Waals surface area contributed by atoms with E-state index in [9.17, 15) is 4.79 Å². The van der Waals surface area contributed by atoms with Crippen LogP contribution in [0.3, 0.4) is 0 Å². The molecule has 1 N–H and O–H groups in total. The minimum Gasteiger partial charge on any atom is -0.493 e. The van der Waals surface area contributed by atoms with E-state index in [-0.39, 0.29) is 5.91 Å². The number of fused-ring (bicyclic) bond motifs is 1. The fraction of sp³-hybridized carbons (Fsp3) is 0.389. The number of nitrogens with zero attached hydrogens (tertiary/aromatic N) is 1. The summed E-state index contributed by atoms with van der Waals surface area (Å²) in [5, 5.41) is 2.90. The number of hydrogen-bond donors (Lipinski definition) is 1. The molecule has 0 bridgehead atoms. The molecule has 8 heteroatoms. The van der Waals surface area contributed by atoms with Crippen LogP contribution >= 0.6 is 34.5 Å². The Hall–Kier alpha value is -1.47. The van der Waals surface area contributed by atoms with Crippen molar-refractivity contribution in [2.24, 2.45) is 0 Å². The molecule has 1 aromatic carbocycles.